The van der Waals surface area contributed by atoms with Crippen LogP contribution in [0, 0.1) is 0 Å². The fraction of sp³-hybridized carbons (Fsp3) is 0.227. The van der Waals surface area contributed by atoms with E-state index in [1.807, 2.05) is 41.1 Å². The second kappa shape index (κ2) is 7.55. The molecule has 4 heterocycles. The highest BCUT2D eigenvalue weighted by molar-refractivity contribution is 6.06. The van der Waals surface area contributed by atoms with Crippen molar-refractivity contribution in [3.8, 4) is 0 Å². The number of nitrogens with one attached hydrogen (secondary N) is 2. The van der Waals surface area contributed by atoms with Crippen LogP contribution in [-0.4, -0.2) is 38.0 Å². The molecule has 8 nitrogen and oxygen atoms in total. The molecule has 0 saturated heterocycles. The van der Waals surface area contributed by atoms with Crippen LogP contribution in [-0.2, 0) is 17.9 Å². The normalized spacial score (nSPS) is 15.9. The third-order valence-electron chi connectivity index (χ3n) is 5.45. The number of hydrogen-bond donors (Lipinski definition) is 2. The minimum absolute atomic E-state index is 0.0547. The molecule has 30 heavy (non-hydrogen) atoms. The first kappa shape index (κ1) is 18.2. The molecule has 3 aromatic heterocycles. The van der Waals surface area contributed by atoms with Crippen LogP contribution < -0.4 is 5.32 Å². The van der Waals surface area contributed by atoms with Gasteiger partial charge in [-0.2, -0.15) is 5.10 Å². The predicted molar refractivity (Wildman–Crippen MR) is 109 cm³/mol. The first-order valence-electron chi connectivity index (χ1n) is 9.86. The van der Waals surface area contributed by atoms with Crippen LogP contribution in [0.15, 0.2) is 65.5 Å². The summed E-state index contributed by atoms with van der Waals surface area (Å²) in [5.41, 5.74) is 2.48. The van der Waals surface area contributed by atoms with Crippen LogP contribution in [0.4, 0.5) is 0 Å². The van der Waals surface area contributed by atoms with Crippen molar-refractivity contribution in [2.24, 2.45) is 0 Å². The average Bonchev–Trinajstić information content (AvgIpc) is 3.52. The number of carbonyl (C=O) groups is 2. The quantitative estimate of drug-likeness (QED) is 0.536. The largest absolute Gasteiger partial charge is 0.467 e. The number of aromatic amines is 1. The highest BCUT2D eigenvalue weighted by Gasteiger charge is 2.31. The maximum Gasteiger partial charge on any atom is 0.256 e. The summed E-state index contributed by atoms with van der Waals surface area (Å²) >= 11 is 0. The lowest BCUT2D eigenvalue weighted by Gasteiger charge is -2.33. The summed E-state index contributed by atoms with van der Waals surface area (Å²) < 4.78 is 7.11. The second-order valence-electron chi connectivity index (χ2n) is 7.41. The Morgan fingerprint density at radius 1 is 1.20 bits per heavy atom. The summed E-state index contributed by atoms with van der Waals surface area (Å²) in [6.45, 7) is 1.21. The van der Waals surface area contributed by atoms with E-state index >= 15 is 0 Å². The maximum absolute atomic E-state index is 13.3. The van der Waals surface area contributed by atoms with E-state index in [1.54, 1.807) is 29.6 Å². The highest BCUT2D eigenvalue weighted by Crippen LogP contribution is 2.26. The molecule has 1 atom stereocenters. The first-order valence-corrected chi connectivity index (χ1v) is 9.86. The van der Waals surface area contributed by atoms with Crippen LogP contribution >= 0.6 is 0 Å². The van der Waals surface area contributed by atoms with Gasteiger partial charge in [-0.3, -0.25) is 14.3 Å². The number of carbonyl (C=O) groups excluding carboxylic acids is 2. The topological polar surface area (TPSA) is 96.2 Å². The third kappa shape index (κ3) is 3.36. The Morgan fingerprint density at radius 3 is 2.97 bits per heavy atom. The monoisotopic (exact) mass is 403 g/mol. The summed E-state index contributed by atoms with van der Waals surface area (Å²) in [6, 6.07) is 13.0. The highest BCUT2D eigenvalue weighted by atomic mass is 16.3. The summed E-state index contributed by atoms with van der Waals surface area (Å²) in [5.74, 6) is 0.531. The number of nitrogens with zero attached hydrogens (tertiary/aromatic N) is 3. The molecule has 0 bridgehead atoms. The number of fused-ring (bicyclic) bond motifs is 2. The molecule has 1 aliphatic heterocycles. The van der Waals surface area contributed by atoms with E-state index < -0.39 is 0 Å². The van der Waals surface area contributed by atoms with E-state index in [2.05, 4.69) is 15.4 Å². The number of hydrogen-bond acceptors (Lipinski definition) is 4. The molecule has 0 fully saturated rings. The number of H-pyrrole nitrogens is 1. The Labute approximate surface area is 172 Å². The van der Waals surface area contributed by atoms with E-state index in [1.165, 1.54) is 0 Å². The van der Waals surface area contributed by atoms with Crippen LogP contribution in [0.25, 0.3) is 10.9 Å². The zero-order chi connectivity index (χ0) is 20.5. The lowest BCUT2D eigenvalue weighted by molar-refractivity contribution is -0.122. The van der Waals surface area contributed by atoms with E-state index in [0.29, 0.717) is 31.0 Å². The number of para-hydroxylation sites is 1. The lowest BCUT2D eigenvalue weighted by atomic mass is 10.1. The molecule has 4 aromatic rings. The Kier molecular flexibility index (Phi) is 4.59. The van der Waals surface area contributed by atoms with Gasteiger partial charge in [-0.1, -0.05) is 18.2 Å². The van der Waals surface area contributed by atoms with Crippen molar-refractivity contribution in [1.82, 2.24) is 25.0 Å². The van der Waals surface area contributed by atoms with Crippen molar-refractivity contribution >= 4 is 22.7 Å². The molecule has 5 rings (SSSR count). The molecule has 1 aromatic carbocycles. The van der Waals surface area contributed by atoms with Gasteiger partial charge < -0.3 is 19.6 Å². The fourth-order valence-electron chi connectivity index (χ4n) is 4.00. The van der Waals surface area contributed by atoms with Crippen LogP contribution in [0.5, 0.6) is 0 Å². The van der Waals surface area contributed by atoms with Gasteiger partial charge in [0.05, 0.1) is 43.1 Å². The van der Waals surface area contributed by atoms with Crippen molar-refractivity contribution in [3.05, 3.63) is 78.1 Å². The number of benzene rings is 1. The van der Waals surface area contributed by atoms with Crippen molar-refractivity contribution < 1.29 is 14.0 Å². The van der Waals surface area contributed by atoms with Gasteiger partial charge in [0.2, 0.25) is 5.91 Å². The molecular weight excluding hydrogens is 382 g/mol. The average molecular weight is 403 g/mol. The van der Waals surface area contributed by atoms with Gasteiger partial charge in [-0.15, -0.1) is 0 Å². The van der Waals surface area contributed by atoms with E-state index in [4.69, 9.17) is 4.42 Å². The van der Waals surface area contributed by atoms with Gasteiger partial charge in [0.1, 0.15) is 5.76 Å². The standard InChI is InChI=1S/C22H21N5O3/c28-21(24-11-17-4-3-9-30-17)10-16-14-26(13-15-7-8-25-27(15)16)22(29)19-12-23-20-6-2-1-5-18(19)20/h1-9,12,16,23H,10-11,13-14H2,(H,24,28)/t16-/m1/s1. The number of rotatable bonds is 5. The number of aromatic nitrogens is 3. The van der Waals surface area contributed by atoms with E-state index in [9.17, 15) is 9.59 Å². The molecule has 152 valence electrons. The zero-order valence-electron chi connectivity index (χ0n) is 16.2. The van der Waals surface area contributed by atoms with Crippen molar-refractivity contribution in [2.45, 2.75) is 25.6 Å². The molecule has 2 amide bonds. The van der Waals surface area contributed by atoms with Gasteiger partial charge in [-0.25, -0.2) is 0 Å². The summed E-state index contributed by atoms with van der Waals surface area (Å²) in [4.78, 5) is 30.7. The zero-order valence-corrected chi connectivity index (χ0v) is 16.2. The van der Waals surface area contributed by atoms with Gasteiger partial charge in [0, 0.05) is 29.8 Å². The Hall–Kier alpha value is -3.81. The summed E-state index contributed by atoms with van der Waals surface area (Å²) in [5, 5.41) is 8.15. The van der Waals surface area contributed by atoms with Gasteiger partial charge >= 0.3 is 0 Å². The van der Waals surface area contributed by atoms with Gasteiger partial charge in [0.15, 0.2) is 0 Å². The summed E-state index contributed by atoms with van der Waals surface area (Å²) in [6.07, 6.45) is 5.27. The van der Waals surface area contributed by atoms with Gasteiger partial charge in [-0.05, 0) is 24.3 Å². The summed E-state index contributed by atoms with van der Waals surface area (Å²) in [7, 11) is 0. The predicted octanol–water partition coefficient (Wildman–Crippen LogP) is 2.86. The molecular formula is C22H21N5O3. The number of amides is 2. The number of furan rings is 1. The molecule has 0 unspecified atom stereocenters. The molecule has 0 saturated carbocycles. The molecule has 2 N–H and O–H groups in total. The van der Waals surface area contributed by atoms with Crippen molar-refractivity contribution in [2.75, 3.05) is 6.54 Å². The Balaban J connectivity index is 1.33. The fourth-order valence-corrected chi connectivity index (χ4v) is 4.00. The Morgan fingerprint density at radius 2 is 2.10 bits per heavy atom. The Bertz CT molecular complexity index is 1190. The second-order valence-corrected chi connectivity index (χ2v) is 7.41. The molecule has 8 heteroatoms. The van der Waals surface area contributed by atoms with Crippen LogP contribution in [0.1, 0.15) is 34.3 Å². The van der Waals surface area contributed by atoms with Gasteiger partial charge in [0.25, 0.3) is 5.91 Å². The first-order chi connectivity index (χ1) is 14.7. The van der Waals surface area contributed by atoms with Crippen molar-refractivity contribution in [1.29, 1.82) is 0 Å². The van der Waals surface area contributed by atoms with E-state index in [-0.39, 0.29) is 24.3 Å². The SMILES string of the molecule is O=C(C[C@@H]1CN(C(=O)c2c[nH]c3ccccc23)Cc2ccnn21)NCc1ccco1. The van der Waals surface area contributed by atoms with Crippen LogP contribution in [0.3, 0.4) is 0 Å². The van der Waals surface area contributed by atoms with Crippen LogP contribution in [0.2, 0.25) is 0 Å². The molecule has 0 radical (unpaired) electrons. The maximum atomic E-state index is 13.3. The molecule has 0 spiro atoms. The third-order valence-corrected chi connectivity index (χ3v) is 5.45. The van der Waals surface area contributed by atoms with Crippen molar-refractivity contribution in [3.63, 3.8) is 0 Å². The smallest absolute Gasteiger partial charge is 0.256 e. The molecule has 0 aliphatic carbocycles. The minimum Gasteiger partial charge on any atom is -0.467 e. The minimum atomic E-state index is -0.227. The molecule has 1 aliphatic rings. The lowest BCUT2D eigenvalue weighted by Crippen LogP contribution is -2.42. The van der Waals surface area contributed by atoms with E-state index in [0.717, 1.165) is 16.6 Å².